The standard InChI is InChI=1S/C9H8BrF4N/c10-5-1-2-6(8(15)4-11)7(3-5)9(12,13)14/h1-3,8H,4,15H2. The van der Waals surface area contributed by atoms with Crippen molar-refractivity contribution in [3.05, 3.63) is 33.8 Å². The van der Waals surface area contributed by atoms with Crippen molar-refractivity contribution in [1.29, 1.82) is 0 Å². The Balaban J connectivity index is 3.27. The lowest BCUT2D eigenvalue weighted by molar-refractivity contribution is -0.138. The maximum atomic E-state index is 12.5. The Morgan fingerprint density at radius 3 is 2.40 bits per heavy atom. The largest absolute Gasteiger partial charge is 0.416 e. The second-order valence-corrected chi connectivity index (χ2v) is 3.91. The van der Waals surface area contributed by atoms with Crippen LogP contribution in [0.15, 0.2) is 22.7 Å². The van der Waals surface area contributed by atoms with Crippen molar-refractivity contribution in [1.82, 2.24) is 0 Å². The number of hydrogen-bond acceptors (Lipinski definition) is 1. The quantitative estimate of drug-likeness (QED) is 0.828. The van der Waals surface area contributed by atoms with E-state index in [0.29, 0.717) is 0 Å². The van der Waals surface area contributed by atoms with Crippen molar-refractivity contribution in [3.8, 4) is 0 Å². The fourth-order valence-corrected chi connectivity index (χ4v) is 1.54. The van der Waals surface area contributed by atoms with Gasteiger partial charge in [0.1, 0.15) is 6.67 Å². The number of alkyl halides is 4. The summed E-state index contributed by atoms with van der Waals surface area (Å²) in [4.78, 5) is 0. The fourth-order valence-electron chi connectivity index (χ4n) is 1.18. The molecule has 1 aromatic rings. The van der Waals surface area contributed by atoms with Crippen molar-refractivity contribution in [2.24, 2.45) is 5.73 Å². The molecule has 2 N–H and O–H groups in total. The molecule has 0 amide bonds. The summed E-state index contributed by atoms with van der Waals surface area (Å²) in [5.41, 5.74) is 4.12. The number of benzene rings is 1. The molecule has 1 aromatic carbocycles. The van der Waals surface area contributed by atoms with E-state index in [4.69, 9.17) is 5.73 Å². The number of rotatable bonds is 2. The van der Waals surface area contributed by atoms with Gasteiger partial charge in [-0.1, -0.05) is 22.0 Å². The predicted molar refractivity (Wildman–Crippen MR) is 52.0 cm³/mol. The summed E-state index contributed by atoms with van der Waals surface area (Å²) in [6, 6.07) is 2.23. The molecule has 1 atom stereocenters. The molecule has 15 heavy (non-hydrogen) atoms. The molecule has 0 fully saturated rings. The Morgan fingerprint density at radius 1 is 1.33 bits per heavy atom. The summed E-state index contributed by atoms with van der Waals surface area (Å²) in [7, 11) is 0. The molecule has 0 saturated heterocycles. The first-order chi connectivity index (χ1) is 6.86. The Morgan fingerprint density at radius 2 is 1.93 bits per heavy atom. The monoisotopic (exact) mass is 285 g/mol. The Labute approximate surface area is 92.4 Å². The van der Waals surface area contributed by atoms with Crippen LogP contribution >= 0.6 is 15.9 Å². The van der Waals surface area contributed by atoms with Crippen molar-refractivity contribution < 1.29 is 17.6 Å². The highest BCUT2D eigenvalue weighted by atomic mass is 79.9. The third-order valence-electron chi connectivity index (χ3n) is 1.89. The zero-order chi connectivity index (χ0) is 11.6. The van der Waals surface area contributed by atoms with Crippen LogP contribution in [0.25, 0.3) is 0 Å². The van der Waals surface area contributed by atoms with E-state index in [0.717, 1.165) is 6.07 Å². The molecule has 0 saturated carbocycles. The van der Waals surface area contributed by atoms with Crippen LogP contribution in [0, 0.1) is 0 Å². The second kappa shape index (κ2) is 4.49. The minimum absolute atomic E-state index is 0.229. The SMILES string of the molecule is NC(CF)c1ccc(Br)cc1C(F)(F)F. The summed E-state index contributed by atoms with van der Waals surface area (Å²) in [5, 5.41) is 0. The minimum atomic E-state index is -4.52. The van der Waals surface area contributed by atoms with E-state index in [1.807, 2.05) is 0 Å². The average molecular weight is 286 g/mol. The molecule has 84 valence electrons. The molecule has 0 bridgehead atoms. The van der Waals surface area contributed by atoms with E-state index >= 15 is 0 Å². The van der Waals surface area contributed by atoms with E-state index in [9.17, 15) is 17.6 Å². The highest BCUT2D eigenvalue weighted by Gasteiger charge is 2.34. The van der Waals surface area contributed by atoms with E-state index in [-0.39, 0.29) is 10.0 Å². The average Bonchev–Trinajstić information content (AvgIpc) is 2.15. The van der Waals surface area contributed by atoms with Gasteiger partial charge in [-0.3, -0.25) is 0 Å². The Bertz CT molecular complexity index is 350. The van der Waals surface area contributed by atoms with E-state index in [1.54, 1.807) is 0 Å². The lowest BCUT2D eigenvalue weighted by Crippen LogP contribution is -2.18. The molecule has 6 heteroatoms. The smallest absolute Gasteiger partial charge is 0.322 e. The van der Waals surface area contributed by atoms with E-state index < -0.39 is 24.5 Å². The Hall–Kier alpha value is -0.620. The minimum Gasteiger partial charge on any atom is -0.322 e. The highest BCUT2D eigenvalue weighted by Crippen LogP contribution is 2.35. The van der Waals surface area contributed by atoms with Crippen LogP contribution in [-0.4, -0.2) is 6.67 Å². The van der Waals surface area contributed by atoms with Crippen molar-refractivity contribution in [3.63, 3.8) is 0 Å². The molecule has 1 rings (SSSR count). The number of hydrogen-bond donors (Lipinski definition) is 1. The normalized spacial score (nSPS) is 14.0. The Kier molecular flexibility index (Phi) is 3.72. The molecular formula is C9H8BrF4N. The first-order valence-corrected chi connectivity index (χ1v) is 4.83. The van der Waals surface area contributed by atoms with Crippen molar-refractivity contribution in [2.75, 3.05) is 6.67 Å². The lowest BCUT2D eigenvalue weighted by Gasteiger charge is -2.16. The van der Waals surface area contributed by atoms with Gasteiger partial charge in [-0.05, 0) is 17.7 Å². The highest BCUT2D eigenvalue weighted by molar-refractivity contribution is 9.10. The number of halogens is 5. The van der Waals surface area contributed by atoms with E-state index in [2.05, 4.69) is 15.9 Å². The number of nitrogens with two attached hydrogens (primary N) is 1. The third kappa shape index (κ3) is 2.92. The van der Waals surface area contributed by atoms with Gasteiger partial charge in [0.15, 0.2) is 0 Å². The van der Waals surface area contributed by atoms with Crippen LogP contribution in [0.1, 0.15) is 17.2 Å². The molecule has 0 spiro atoms. The predicted octanol–water partition coefficient (Wildman–Crippen LogP) is 3.44. The van der Waals surface area contributed by atoms with Gasteiger partial charge >= 0.3 is 6.18 Å². The lowest BCUT2D eigenvalue weighted by atomic mass is 10.0. The van der Waals surface area contributed by atoms with Crippen molar-refractivity contribution in [2.45, 2.75) is 12.2 Å². The summed E-state index contributed by atoms with van der Waals surface area (Å²) >= 11 is 2.93. The van der Waals surface area contributed by atoms with Gasteiger partial charge in [0.05, 0.1) is 11.6 Å². The summed E-state index contributed by atoms with van der Waals surface area (Å²) < 4.78 is 50.1. The zero-order valence-corrected chi connectivity index (χ0v) is 9.07. The van der Waals surface area contributed by atoms with Gasteiger partial charge in [0.25, 0.3) is 0 Å². The molecule has 1 nitrogen and oxygen atoms in total. The molecule has 0 aromatic heterocycles. The van der Waals surface area contributed by atoms with Gasteiger partial charge in [-0.2, -0.15) is 13.2 Å². The third-order valence-corrected chi connectivity index (χ3v) is 2.38. The first-order valence-electron chi connectivity index (χ1n) is 4.04. The maximum Gasteiger partial charge on any atom is 0.416 e. The topological polar surface area (TPSA) is 26.0 Å². The van der Waals surface area contributed by atoms with Crippen LogP contribution < -0.4 is 5.73 Å². The van der Waals surface area contributed by atoms with Crippen LogP contribution in [0.4, 0.5) is 17.6 Å². The molecule has 0 radical (unpaired) electrons. The van der Waals surface area contributed by atoms with Gasteiger partial charge < -0.3 is 5.73 Å². The molecule has 1 unspecified atom stereocenters. The van der Waals surface area contributed by atoms with Gasteiger partial charge in [0.2, 0.25) is 0 Å². The summed E-state index contributed by atoms with van der Waals surface area (Å²) in [6.45, 7) is -1.02. The second-order valence-electron chi connectivity index (χ2n) is 2.99. The van der Waals surface area contributed by atoms with Gasteiger partial charge in [-0.15, -0.1) is 0 Å². The fraction of sp³-hybridized carbons (Fsp3) is 0.333. The molecule has 0 aliphatic rings. The van der Waals surface area contributed by atoms with Gasteiger partial charge in [-0.25, -0.2) is 4.39 Å². The van der Waals surface area contributed by atoms with E-state index in [1.165, 1.54) is 12.1 Å². The van der Waals surface area contributed by atoms with Crippen LogP contribution in [0.5, 0.6) is 0 Å². The summed E-state index contributed by atoms with van der Waals surface area (Å²) in [6.07, 6.45) is -4.52. The molecule has 0 aliphatic carbocycles. The zero-order valence-electron chi connectivity index (χ0n) is 7.48. The van der Waals surface area contributed by atoms with Crippen LogP contribution in [-0.2, 0) is 6.18 Å². The molecule has 0 heterocycles. The van der Waals surface area contributed by atoms with Crippen LogP contribution in [0.2, 0.25) is 0 Å². The maximum absolute atomic E-state index is 12.5. The first kappa shape index (κ1) is 12.4. The van der Waals surface area contributed by atoms with Crippen LogP contribution in [0.3, 0.4) is 0 Å². The van der Waals surface area contributed by atoms with Crippen molar-refractivity contribution >= 4 is 15.9 Å². The molecular weight excluding hydrogens is 278 g/mol. The molecule has 0 aliphatic heterocycles. The summed E-state index contributed by atoms with van der Waals surface area (Å²) in [5.74, 6) is 0. The van der Waals surface area contributed by atoms with Gasteiger partial charge in [0, 0.05) is 4.47 Å².